The number of nitrogens with zero attached hydrogens (tertiary/aromatic N) is 1. The summed E-state index contributed by atoms with van der Waals surface area (Å²) < 4.78 is 11.3. The molecule has 3 atom stereocenters. The summed E-state index contributed by atoms with van der Waals surface area (Å²) in [5, 5.41) is 0. The molecule has 0 amide bonds. The Bertz CT molecular complexity index is 263. The molecule has 0 radical (unpaired) electrons. The Morgan fingerprint density at radius 3 is 2.44 bits per heavy atom. The lowest BCUT2D eigenvalue weighted by atomic mass is 9.87. The zero-order valence-electron chi connectivity index (χ0n) is 11.1. The van der Waals surface area contributed by atoms with Gasteiger partial charge in [-0.25, -0.2) is 0 Å². The van der Waals surface area contributed by atoms with Gasteiger partial charge in [0.15, 0.2) is 0 Å². The van der Waals surface area contributed by atoms with E-state index < -0.39 is 5.60 Å². The zero-order chi connectivity index (χ0) is 12.5. The summed E-state index contributed by atoms with van der Waals surface area (Å²) in [6.07, 6.45) is 0.861. The number of carbonyl (C=O) groups excluding carboxylic acids is 1. The van der Waals surface area contributed by atoms with Gasteiger partial charge in [-0.2, -0.15) is 0 Å². The maximum absolute atomic E-state index is 11.2. The van der Waals surface area contributed by atoms with Crippen molar-refractivity contribution in [2.45, 2.75) is 58.0 Å². The van der Waals surface area contributed by atoms with Crippen LogP contribution in [0.25, 0.3) is 0 Å². The molecule has 0 N–H and O–H groups in total. The molecule has 1 rings (SSSR count). The first-order valence-corrected chi connectivity index (χ1v) is 5.75. The lowest BCUT2D eigenvalue weighted by Gasteiger charge is -2.47. The van der Waals surface area contributed by atoms with Crippen LogP contribution in [-0.4, -0.2) is 48.8 Å². The Morgan fingerprint density at radius 2 is 2.00 bits per heavy atom. The SMILES string of the molecule is CC(=O)O[C@@H]1[C@@H](N(C)C)CC(C)OC1(C)C. The van der Waals surface area contributed by atoms with Gasteiger partial charge in [-0.05, 0) is 41.3 Å². The lowest BCUT2D eigenvalue weighted by Crippen LogP contribution is -2.59. The van der Waals surface area contributed by atoms with Crippen molar-refractivity contribution in [2.24, 2.45) is 0 Å². The molecule has 0 aromatic rings. The summed E-state index contributed by atoms with van der Waals surface area (Å²) >= 11 is 0. The lowest BCUT2D eigenvalue weighted by molar-refractivity contribution is -0.210. The van der Waals surface area contributed by atoms with Crippen LogP contribution in [0.5, 0.6) is 0 Å². The molecule has 1 fully saturated rings. The first-order valence-electron chi connectivity index (χ1n) is 5.75. The van der Waals surface area contributed by atoms with Gasteiger partial charge in [-0.15, -0.1) is 0 Å². The van der Waals surface area contributed by atoms with Gasteiger partial charge in [0, 0.05) is 6.92 Å². The fourth-order valence-electron chi connectivity index (χ4n) is 2.44. The maximum Gasteiger partial charge on any atom is 0.303 e. The molecule has 16 heavy (non-hydrogen) atoms. The zero-order valence-corrected chi connectivity index (χ0v) is 11.1. The van der Waals surface area contributed by atoms with Crippen LogP contribution < -0.4 is 0 Å². The number of carbonyl (C=O) groups is 1. The minimum absolute atomic E-state index is 0.189. The van der Waals surface area contributed by atoms with E-state index in [2.05, 4.69) is 11.8 Å². The van der Waals surface area contributed by atoms with Crippen LogP contribution in [-0.2, 0) is 14.3 Å². The molecular formula is C12H23NO3. The van der Waals surface area contributed by atoms with Gasteiger partial charge in [-0.1, -0.05) is 0 Å². The summed E-state index contributed by atoms with van der Waals surface area (Å²) in [4.78, 5) is 13.3. The molecule has 0 aromatic carbocycles. The fourth-order valence-corrected chi connectivity index (χ4v) is 2.44. The fraction of sp³-hybridized carbons (Fsp3) is 0.917. The van der Waals surface area contributed by atoms with Gasteiger partial charge in [-0.3, -0.25) is 4.79 Å². The molecule has 0 bridgehead atoms. The normalized spacial score (nSPS) is 33.8. The van der Waals surface area contributed by atoms with Crippen LogP contribution in [0, 0.1) is 0 Å². The largest absolute Gasteiger partial charge is 0.458 e. The second-order valence-electron chi connectivity index (χ2n) is 5.33. The number of esters is 1. The highest BCUT2D eigenvalue weighted by Gasteiger charge is 2.45. The van der Waals surface area contributed by atoms with E-state index in [1.54, 1.807) is 0 Å². The maximum atomic E-state index is 11.2. The Hall–Kier alpha value is -0.610. The van der Waals surface area contributed by atoms with Crippen molar-refractivity contribution in [1.82, 2.24) is 4.90 Å². The third-order valence-corrected chi connectivity index (χ3v) is 3.07. The molecule has 94 valence electrons. The van der Waals surface area contributed by atoms with E-state index in [1.807, 2.05) is 27.9 Å². The van der Waals surface area contributed by atoms with Gasteiger partial charge < -0.3 is 14.4 Å². The van der Waals surface area contributed by atoms with Crippen LogP contribution in [0.15, 0.2) is 0 Å². The van der Waals surface area contributed by atoms with E-state index in [0.29, 0.717) is 0 Å². The summed E-state index contributed by atoms with van der Waals surface area (Å²) in [6, 6.07) is 0.211. The molecule has 1 aliphatic heterocycles. The molecule has 0 spiro atoms. The van der Waals surface area contributed by atoms with Crippen molar-refractivity contribution in [1.29, 1.82) is 0 Å². The van der Waals surface area contributed by atoms with Crippen molar-refractivity contribution >= 4 is 5.97 Å². The van der Waals surface area contributed by atoms with Crippen LogP contribution in [0.3, 0.4) is 0 Å². The smallest absolute Gasteiger partial charge is 0.303 e. The molecule has 1 aliphatic rings. The summed E-state index contributed by atoms with van der Waals surface area (Å²) in [5.41, 5.74) is -0.432. The van der Waals surface area contributed by atoms with Crippen LogP contribution in [0.4, 0.5) is 0 Å². The average molecular weight is 229 g/mol. The number of hydrogen-bond donors (Lipinski definition) is 0. The molecule has 0 aliphatic carbocycles. The van der Waals surface area contributed by atoms with Gasteiger partial charge >= 0.3 is 5.97 Å². The summed E-state index contributed by atoms with van der Waals surface area (Å²) in [6.45, 7) is 7.46. The molecule has 0 aromatic heterocycles. The van der Waals surface area contributed by atoms with Crippen molar-refractivity contribution in [3.05, 3.63) is 0 Å². The molecule has 4 heteroatoms. The molecule has 4 nitrogen and oxygen atoms in total. The quantitative estimate of drug-likeness (QED) is 0.672. The van der Waals surface area contributed by atoms with Crippen molar-refractivity contribution in [3.63, 3.8) is 0 Å². The van der Waals surface area contributed by atoms with E-state index in [-0.39, 0.29) is 24.2 Å². The predicted molar refractivity (Wildman–Crippen MR) is 62.3 cm³/mol. The standard InChI is InChI=1S/C12H23NO3/c1-8-7-10(13(5)6)11(15-9(2)14)12(3,4)16-8/h8,10-11H,7H2,1-6H3/t8?,10-,11+/m0/s1. The Balaban J connectivity index is 2.89. The number of hydrogen-bond acceptors (Lipinski definition) is 4. The third kappa shape index (κ3) is 2.95. The molecule has 1 unspecified atom stereocenters. The first kappa shape index (κ1) is 13.5. The van der Waals surface area contributed by atoms with E-state index in [4.69, 9.17) is 9.47 Å². The van der Waals surface area contributed by atoms with E-state index in [9.17, 15) is 4.79 Å². The van der Waals surface area contributed by atoms with E-state index in [0.717, 1.165) is 6.42 Å². The molecule has 1 heterocycles. The highest BCUT2D eigenvalue weighted by Crippen LogP contribution is 2.33. The number of rotatable bonds is 2. The van der Waals surface area contributed by atoms with Crippen molar-refractivity contribution < 1.29 is 14.3 Å². The number of ether oxygens (including phenoxy) is 2. The van der Waals surface area contributed by atoms with Crippen LogP contribution in [0.2, 0.25) is 0 Å². The Kier molecular flexibility index (Phi) is 3.97. The predicted octanol–water partition coefficient (Wildman–Crippen LogP) is 1.44. The monoisotopic (exact) mass is 229 g/mol. The highest BCUT2D eigenvalue weighted by molar-refractivity contribution is 5.66. The molecule has 0 saturated carbocycles. The van der Waals surface area contributed by atoms with Gasteiger partial charge in [0.25, 0.3) is 0 Å². The van der Waals surface area contributed by atoms with Gasteiger partial charge in [0.2, 0.25) is 0 Å². The van der Waals surface area contributed by atoms with Crippen LogP contribution >= 0.6 is 0 Å². The van der Waals surface area contributed by atoms with Crippen molar-refractivity contribution in [2.75, 3.05) is 14.1 Å². The third-order valence-electron chi connectivity index (χ3n) is 3.07. The first-order chi connectivity index (χ1) is 7.24. The van der Waals surface area contributed by atoms with Gasteiger partial charge in [0.05, 0.1) is 12.1 Å². The van der Waals surface area contributed by atoms with Gasteiger partial charge in [0.1, 0.15) is 11.7 Å². The minimum atomic E-state index is -0.432. The second-order valence-corrected chi connectivity index (χ2v) is 5.33. The van der Waals surface area contributed by atoms with Crippen LogP contribution in [0.1, 0.15) is 34.1 Å². The summed E-state index contributed by atoms with van der Waals surface area (Å²) in [7, 11) is 4.02. The van der Waals surface area contributed by atoms with E-state index >= 15 is 0 Å². The van der Waals surface area contributed by atoms with E-state index in [1.165, 1.54) is 6.92 Å². The Labute approximate surface area is 97.9 Å². The molecular weight excluding hydrogens is 206 g/mol. The minimum Gasteiger partial charge on any atom is -0.458 e. The van der Waals surface area contributed by atoms with Crippen molar-refractivity contribution in [3.8, 4) is 0 Å². The topological polar surface area (TPSA) is 38.8 Å². The summed E-state index contributed by atoms with van der Waals surface area (Å²) in [5.74, 6) is -0.247. The average Bonchev–Trinajstić information content (AvgIpc) is 2.07. The second kappa shape index (κ2) is 4.72. The molecule has 1 saturated heterocycles. The number of likely N-dealkylation sites (N-methyl/N-ethyl adjacent to an activating group) is 1. The highest BCUT2D eigenvalue weighted by atomic mass is 16.6. The Morgan fingerprint density at radius 1 is 1.44 bits per heavy atom.